The molecule has 3 nitrogen and oxygen atoms in total. The number of carbonyl (C=O) groups is 1. The minimum atomic E-state index is -0.199. The standard InChI is InChI=1S/C14H22N2OS/c1-3-16(4-2)14(7-5-6-8-14)12(17)11-13-15-9-10-18-13/h9-10H,3-8,11H2,1-2H3. The van der Waals surface area contributed by atoms with E-state index in [1.807, 2.05) is 5.38 Å². The fourth-order valence-corrected chi connectivity index (χ4v) is 3.82. The number of aromatic nitrogens is 1. The molecule has 0 radical (unpaired) electrons. The van der Waals surface area contributed by atoms with Gasteiger partial charge in [0, 0.05) is 11.6 Å². The van der Waals surface area contributed by atoms with E-state index in [1.54, 1.807) is 17.5 Å². The lowest BCUT2D eigenvalue weighted by Gasteiger charge is -2.39. The molecule has 2 rings (SSSR count). The molecule has 0 unspecified atom stereocenters. The van der Waals surface area contributed by atoms with Crippen molar-refractivity contribution in [2.75, 3.05) is 13.1 Å². The van der Waals surface area contributed by atoms with Crippen LogP contribution in [0.2, 0.25) is 0 Å². The van der Waals surface area contributed by atoms with Gasteiger partial charge in [-0.25, -0.2) is 4.98 Å². The Balaban J connectivity index is 2.16. The molecule has 0 amide bonds. The summed E-state index contributed by atoms with van der Waals surface area (Å²) in [6.45, 7) is 6.22. The van der Waals surface area contributed by atoms with Gasteiger partial charge in [0.1, 0.15) is 0 Å². The first-order valence-electron chi connectivity index (χ1n) is 6.89. The molecule has 0 aromatic carbocycles. The highest BCUT2D eigenvalue weighted by molar-refractivity contribution is 7.09. The van der Waals surface area contributed by atoms with Gasteiger partial charge in [0.2, 0.25) is 0 Å². The lowest BCUT2D eigenvalue weighted by Crippen LogP contribution is -2.53. The first-order valence-corrected chi connectivity index (χ1v) is 7.77. The Morgan fingerprint density at radius 3 is 2.56 bits per heavy atom. The maximum atomic E-state index is 12.7. The normalized spacial score (nSPS) is 18.4. The maximum absolute atomic E-state index is 12.7. The zero-order chi connectivity index (χ0) is 13.0. The van der Waals surface area contributed by atoms with Crippen LogP contribution in [0.1, 0.15) is 44.5 Å². The van der Waals surface area contributed by atoms with Crippen molar-refractivity contribution in [3.8, 4) is 0 Å². The smallest absolute Gasteiger partial charge is 0.159 e. The van der Waals surface area contributed by atoms with E-state index < -0.39 is 0 Å². The van der Waals surface area contributed by atoms with Crippen molar-refractivity contribution in [2.45, 2.75) is 51.5 Å². The van der Waals surface area contributed by atoms with E-state index in [1.165, 1.54) is 12.8 Å². The van der Waals surface area contributed by atoms with E-state index in [0.29, 0.717) is 12.2 Å². The van der Waals surface area contributed by atoms with Gasteiger partial charge in [-0.1, -0.05) is 26.7 Å². The number of thiazole rings is 1. The number of likely N-dealkylation sites (N-methyl/N-ethyl adjacent to an activating group) is 1. The van der Waals surface area contributed by atoms with Crippen LogP contribution in [0.5, 0.6) is 0 Å². The van der Waals surface area contributed by atoms with Crippen molar-refractivity contribution in [2.24, 2.45) is 0 Å². The highest BCUT2D eigenvalue weighted by atomic mass is 32.1. The monoisotopic (exact) mass is 266 g/mol. The molecule has 1 fully saturated rings. The minimum Gasteiger partial charge on any atom is -0.297 e. The van der Waals surface area contributed by atoms with Crippen molar-refractivity contribution in [3.05, 3.63) is 16.6 Å². The van der Waals surface area contributed by atoms with Gasteiger partial charge in [0.05, 0.1) is 17.0 Å². The molecular formula is C14H22N2OS. The second kappa shape index (κ2) is 5.93. The minimum absolute atomic E-state index is 0.199. The molecule has 0 spiro atoms. The van der Waals surface area contributed by atoms with Gasteiger partial charge in [-0.05, 0) is 25.9 Å². The van der Waals surface area contributed by atoms with Crippen molar-refractivity contribution >= 4 is 17.1 Å². The first-order chi connectivity index (χ1) is 8.73. The summed E-state index contributed by atoms with van der Waals surface area (Å²) in [7, 11) is 0. The van der Waals surface area contributed by atoms with Crippen LogP contribution < -0.4 is 0 Å². The number of hydrogen-bond donors (Lipinski definition) is 0. The van der Waals surface area contributed by atoms with Crippen LogP contribution in [0, 0.1) is 0 Å². The van der Waals surface area contributed by atoms with Crippen molar-refractivity contribution in [1.82, 2.24) is 9.88 Å². The molecule has 4 heteroatoms. The Kier molecular flexibility index (Phi) is 4.51. The Morgan fingerprint density at radius 2 is 2.06 bits per heavy atom. The number of carbonyl (C=O) groups excluding carboxylic acids is 1. The highest BCUT2D eigenvalue weighted by Gasteiger charge is 2.44. The Hall–Kier alpha value is -0.740. The molecule has 0 aliphatic heterocycles. The van der Waals surface area contributed by atoms with Crippen molar-refractivity contribution < 1.29 is 4.79 Å². The van der Waals surface area contributed by atoms with Crippen LogP contribution >= 0.6 is 11.3 Å². The molecule has 1 aliphatic carbocycles. The molecule has 1 aromatic rings. The molecule has 0 bridgehead atoms. The van der Waals surface area contributed by atoms with Gasteiger partial charge in [-0.3, -0.25) is 9.69 Å². The highest BCUT2D eigenvalue weighted by Crippen LogP contribution is 2.37. The molecule has 0 atom stereocenters. The predicted octanol–water partition coefficient (Wildman–Crippen LogP) is 2.91. The second-order valence-electron chi connectivity index (χ2n) is 4.94. The summed E-state index contributed by atoms with van der Waals surface area (Å²) >= 11 is 1.59. The Bertz CT molecular complexity index is 379. The summed E-state index contributed by atoms with van der Waals surface area (Å²) in [5.74, 6) is 0.374. The van der Waals surface area contributed by atoms with E-state index in [0.717, 1.165) is 30.9 Å². The van der Waals surface area contributed by atoms with Crippen LogP contribution in [0.25, 0.3) is 0 Å². The lowest BCUT2D eigenvalue weighted by molar-refractivity contribution is -0.130. The fraction of sp³-hybridized carbons (Fsp3) is 0.714. The van der Waals surface area contributed by atoms with Crippen molar-refractivity contribution in [1.29, 1.82) is 0 Å². The quantitative estimate of drug-likeness (QED) is 0.794. The molecular weight excluding hydrogens is 244 g/mol. The average Bonchev–Trinajstić information content (AvgIpc) is 3.02. The number of rotatable bonds is 6. The van der Waals surface area contributed by atoms with E-state index in [2.05, 4.69) is 23.7 Å². The van der Waals surface area contributed by atoms with E-state index in [-0.39, 0.29) is 5.54 Å². The summed E-state index contributed by atoms with van der Waals surface area (Å²) in [4.78, 5) is 19.3. The number of nitrogens with zero attached hydrogens (tertiary/aromatic N) is 2. The van der Waals surface area contributed by atoms with Gasteiger partial charge in [0.15, 0.2) is 5.78 Å². The van der Waals surface area contributed by atoms with E-state index in [9.17, 15) is 4.79 Å². The lowest BCUT2D eigenvalue weighted by atomic mass is 9.88. The number of hydrogen-bond acceptors (Lipinski definition) is 4. The average molecular weight is 266 g/mol. The van der Waals surface area contributed by atoms with Crippen LogP contribution in [-0.4, -0.2) is 34.3 Å². The third-order valence-corrected chi connectivity index (χ3v) is 4.89. The van der Waals surface area contributed by atoms with Gasteiger partial charge >= 0.3 is 0 Å². The molecule has 1 heterocycles. The second-order valence-corrected chi connectivity index (χ2v) is 5.92. The van der Waals surface area contributed by atoms with Crippen molar-refractivity contribution in [3.63, 3.8) is 0 Å². The predicted molar refractivity (Wildman–Crippen MR) is 74.9 cm³/mol. The molecule has 1 aliphatic rings. The van der Waals surface area contributed by atoms with Crippen LogP contribution in [0.3, 0.4) is 0 Å². The third kappa shape index (κ3) is 2.50. The molecule has 0 saturated heterocycles. The van der Waals surface area contributed by atoms with Gasteiger partial charge in [0.25, 0.3) is 0 Å². The third-order valence-electron chi connectivity index (χ3n) is 4.11. The summed E-state index contributed by atoms with van der Waals surface area (Å²) in [6.07, 6.45) is 6.71. The summed E-state index contributed by atoms with van der Waals surface area (Å²) in [6, 6.07) is 0. The zero-order valence-corrected chi connectivity index (χ0v) is 12.1. The summed E-state index contributed by atoms with van der Waals surface area (Å²) in [5.41, 5.74) is -0.199. The van der Waals surface area contributed by atoms with Gasteiger partial charge in [-0.15, -0.1) is 11.3 Å². The zero-order valence-electron chi connectivity index (χ0n) is 11.3. The molecule has 100 valence electrons. The Morgan fingerprint density at radius 1 is 1.39 bits per heavy atom. The number of Topliss-reactive ketones (excluding diaryl/α,β-unsaturated/α-hetero) is 1. The molecule has 18 heavy (non-hydrogen) atoms. The maximum Gasteiger partial charge on any atom is 0.159 e. The van der Waals surface area contributed by atoms with E-state index >= 15 is 0 Å². The first kappa shape index (κ1) is 13.7. The largest absolute Gasteiger partial charge is 0.297 e. The topological polar surface area (TPSA) is 33.2 Å². The van der Waals surface area contributed by atoms with Crippen LogP contribution in [0.15, 0.2) is 11.6 Å². The summed E-state index contributed by atoms with van der Waals surface area (Å²) in [5, 5.41) is 2.90. The fourth-order valence-electron chi connectivity index (χ4n) is 3.20. The number of ketones is 1. The molecule has 1 aromatic heterocycles. The summed E-state index contributed by atoms with van der Waals surface area (Å²) < 4.78 is 0. The molecule has 0 N–H and O–H groups in total. The van der Waals surface area contributed by atoms with E-state index in [4.69, 9.17) is 0 Å². The molecule has 1 saturated carbocycles. The van der Waals surface area contributed by atoms with Gasteiger partial charge in [-0.2, -0.15) is 0 Å². The SMILES string of the molecule is CCN(CC)C1(C(=O)Cc2nccs2)CCCC1. The van der Waals surface area contributed by atoms with Crippen LogP contribution in [-0.2, 0) is 11.2 Å². The van der Waals surface area contributed by atoms with Gasteiger partial charge < -0.3 is 0 Å². The Labute approximate surface area is 113 Å². The van der Waals surface area contributed by atoms with Crippen LogP contribution in [0.4, 0.5) is 0 Å².